The molecule has 4 aliphatic carbocycles. The second kappa shape index (κ2) is 8.14. The molecular weight excluding hydrogens is 352 g/mol. The van der Waals surface area contributed by atoms with Crippen LogP contribution in [0.3, 0.4) is 0 Å². The first-order valence-corrected chi connectivity index (χ1v) is 12.7. The average Bonchev–Trinajstić information content (AvgIpc) is 2.97. The Morgan fingerprint density at radius 2 is 1.55 bits per heavy atom. The lowest BCUT2D eigenvalue weighted by Crippen LogP contribution is -2.54. The first-order chi connectivity index (χ1) is 13.0. The molecule has 0 saturated heterocycles. The fourth-order valence-corrected chi connectivity index (χ4v) is 9.07. The van der Waals surface area contributed by atoms with E-state index in [0.29, 0.717) is 16.2 Å². The minimum atomic E-state index is -0.0111. The lowest BCUT2D eigenvalue weighted by atomic mass is 9.44. The number of aliphatic hydroxyl groups is 1. The Labute approximate surface area is 182 Å². The minimum absolute atomic E-state index is 0. The molecule has 1 unspecified atom stereocenters. The van der Waals surface area contributed by atoms with Gasteiger partial charge in [-0.3, -0.25) is 0 Å². The lowest BCUT2D eigenvalue weighted by Gasteiger charge is -2.61. The summed E-state index contributed by atoms with van der Waals surface area (Å²) < 4.78 is 0. The smallest absolute Gasteiger partial charge is 0.0543 e. The molecule has 0 aromatic carbocycles. The first kappa shape index (κ1) is 23.6. The second-order valence-electron chi connectivity index (χ2n) is 13.4. The molecule has 0 amide bonds. The van der Waals surface area contributed by atoms with Gasteiger partial charge in [-0.25, -0.2) is 0 Å². The van der Waals surface area contributed by atoms with Crippen LogP contribution in [0, 0.1) is 51.8 Å². The van der Waals surface area contributed by atoms with Crippen molar-refractivity contribution < 1.29 is 5.11 Å². The van der Waals surface area contributed by atoms with Gasteiger partial charge in [0.15, 0.2) is 0 Å². The van der Waals surface area contributed by atoms with Gasteiger partial charge < -0.3 is 5.11 Å². The van der Waals surface area contributed by atoms with Crippen LogP contribution >= 0.6 is 0 Å². The van der Waals surface area contributed by atoms with Gasteiger partial charge in [0.1, 0.15) is 0 Å². The van der Waals surface area contributed by atoms with Crippen LogP contribution in [0.2, 0.25) is 0 Å². The standard InChI is InChI=1S/C27H48O.CH4/c1-18(11-14-25(2,3)4)22-9-10-23-21-8-7-19-17-20(28)12-15-26(19,5)24(21)13-16-27(22,23)6;/h18-24,28H,7-17H2,1-6H3;1H4/t18-,19?,20-,21+,22-,23+,24+,26+,27-;/m1./s1. The predicted molar refractivity (Wildman–Crippen MR) is 126 cm³/mol. The van der Waals surface area contributed by atoms with Crippen LogP contribution in [0.25, 0.3) is 0 Å². The Morgan fingerprint density at radius 3 is 2.24 bits per heavy atom. The maximum atomic E-state index is 10.3. The molecule has 1 nitrogen and oxygen atoms in total. The van der Waals surface area contributed by atoms with Crippen molar-refractivity contribution in [2.75, 3.05) is 0 Å². The molecule has 9 atom stereocenters. The van der Waals surface area contributed by atoms with E-state index in [1.807, 2.05) is 0 Å². The molecule has 1 heteroatoms. The largest absolute Gasteiger partial charge is 0.393 e. The average molecular weight is 405 g/mol. The van der Waals surface area contributed by atoms with E-state index in [-0.39, 0.29) is 13.5 Å². The van der Waals surface area contributed by atoms with Crippen LogP contribution in [-0.2, 0) is 0 Å². The van der Waals surface area contributed by atoms with E-state index in [0.717, 1.165) is 48.3 Å². The third-order valence-electron chi connectivity index (χ3n) is 10.7. The highest BCUT2D eigenvalue weighted by Gasteiger charge is 2.60. The van der Waals surface area contributed by atoms with Crippen LogP contribution in [0.15, 0.2) is 0 Å². The summed E-state index contributed by atoms with van der Waals surface area (Å²) in [6.45, 7) is 15.1. The number of hydrogen-bond donors (Lipinski definition) is 1. The Balaban J connectivity index is 0.00000240. The summed E-state index contributed by atoms with van der Waals surface area (Å²) in [5.41, 5.74) is 1.61. The fourth-order valence-electron chi connectivity index (χ4n) is 9.07. The molecule has 4 saturated carbocycles. The van der Waals surface area contributed by atoms with E-state index in [1.54, 1.807) is 0 Å². The molecule has 4 fully saturated rings. The highest BCUT2D eigenvalue weighted by Crippen LogP contribution is 2.68. The third-order valence-corrected chi connectivity index (χ3v) is 10.7. The molecule has 0 aromatic heterocycles. The summed E-state index contributed by atoms with van der Waals surface area (Å²) in [4.78, 5) is 0. The topological polar surface area (TPSA) is 20.2 Å². The van der Waals surface area contributed by atoms with E-state index >= 15 is 0 Å². The second-order valence-corrected chi connectivity index (χ2v) is 13.4. The van der Waals surface area contributed by atoms with Crippen molar-refractivity contribution in [2.45, 2.75) is 126 Å². The number of fused-ring (bicyclic) bond motifs is 5. The van der Waals surface area contributed by atoms with Gasteiger partial charge in [0, 0.05) is 0 Å². The van der Waals surface area contributed by atoms with Crippen molar-refractivity contribution in [1.29, 1.82) is 0 Å². The summed E-state index contributed by atoms with van der Waals surface area (Å²) in [7, 11) is 0. The predicted octanol–water partition coefficient (Wildman–Crippen LogP) is 8.10. The van der Waals surface area contributed by atoms with Crippen molar-refractivity contribution in [3.05, 3.63) is 0 Å². The van der Waals surface area contributed by atoms with Crippen LogP contribution in [0.1, 0.15) is 120 Å². The third kappa shape index (κ3) is 4.08. The molecule has 0 radical (unpaired) electrons. The van der Waals surface area contributed by atoms with Gasteiger partial charge in [0.2, 0.25) is 0 Å². The monoisotopic (exact) mass is 404 g/mol. The summed E-state index contributed by atoms with van der Waals surface area (Å²) in [6.07, 6.45) is 15.0. The number of aliphatic hydroxyl groups excluding tert-OH is 1. The van der Waals surface area contributed by atoms with E-state index in [2.05, 4.69) is 41.5 Å². The Hall–Kier alpha value is -0.0400. The van der Waals surface area contributed by atoms with Crippen molar-refractivity contribution in [3.63, 3.8) is 0 Å². The van der Waals surface area contributed by atoms with E-state index in [9.17, 15) is 5.11 Å². The Kier molecular flexibility index (Phi) is 6.63. The highest BCUT2D eigenvalue weighted by molar-refractivity contribution is 5.09. The minimum Gasteiger partial charge on any atom is -0.393 e. The van der Waals surface area contributed by atoms with Crippen LogP contribution < -0.4 is 0 Å². The van der Waals surface area contributed by atoms with Gasteiger partial charge in [0.05, 0.1) is 6.10 Å². The Morgan fingerprint density at radius 1 is 0.897 bits per heavy atom. The SMILES string of the molecule is C.C[C@H](CCC(C)(C)C)[C@H]1CC[C@H]2[C@@H]3CCC4C[C@H](O)CC[C@]4(C)[C@H]3CC[C@]12C. The fraction of sp³-hybridized carbons (Fsp3) is 1.00. The van der Waals surface area contributed by atoms with Crippen molar-refractivity contribution in [2.24, 2.45) is 51.8 Å². The maximum absolute atomic E-state index is 10.3. The van der Waals surface area contributed by atoms with Crippen molar-refractivity contribution in [3.8, 4) is 0 Å². The lowest BCUT2D eigenvalue weighted by molar-refractivity contribution is -0.129. The van der Waals surface area contributed by atoms with Gasteiger partial charge in [-0.05, 0) is 122 Å². The summed E-state index contributed by atoms with van der Waals surface area (Å²) in [5.74, 6) is 5.56. The summed E-state index contributed by atoms with van der Waals surface area (Å²) in [5, 5.41) is 10.3. The van der Waals surface area contributed by atoms with Crippen molar-refractivity contribution >= 4 is 0 Å². The number of hydrogen-bond acceptors (Lipinski definition) is 1. The molecule has 4 rings (SSSR count). The zero-order valence-corrected chi connectivity index (χ0v) is 19.8. The van der Waals surface area contributed by atoms with Gasteiger partial charge >= 0.3 is 0 Å². The van der Waals surface area contributed by atoms with E-state index in [4.69, 9.17) is 0 Å². The van der Waals surface area contributed by atoms with E-state index in [1.165, 1.54) is 57.8 Å². The number of rotatable bonds is 3. The molecular formula is C28H52O. The van der Waals surface area contributed by atoms with Crippen molar-refractivity contribution in [1.82, 2.24) is 0 Å². The highest BCUT2D eigenvalue weighted by atomic mass is 16.3. The van der Waals surface area contributed by atoms with Gasteiger partial charge in [-0.2, -0.15) is 0 Å². The molecule has 0 aromatic rings. The quantitative estimate of drug-likeness (QED) is 0.503. The van der Waals surface area contributed by atoms with Crippen LogP contribution in [0.4, 0.5) is 0 Å². The van der Waals surface area contributed by atoms with Gasteiger partial charge in [-0.1, -0.05) is 49.0 Å². The Bertz CT molecular complexity index is 561. The zero-order chi connectivity index (χ0) is 20.3. The van der Waals surface area contributed by atoms with Crippen LogP contribution in [0.5, 0.6) is 0 Å². The van der Waals surface area contributed by atoms with Gasteiger partial charge in [0.25, 0.3) is 0 Å². The molecule has 4 aliphatic rings. The molecule has 170 valence electrons. The molecule has 0 spiro atoms. The summed E-state index contributed by atoms with van der Waals surface area (Å²) in [6, 6.07) is 0. The maximum Gasteiger partial charge on any atom is 0.0543 e. The zero-order valence-electron chi connectivity index (χ0n) is 19.8. The van der Waals surface area contributed by atoms with E-state index < -0.39 is 0 Å². The normalized spacial score (nSPS) is 48.1. The van der Waals surface area contributed by atoms with Crippen LogP contribution in [-0.4, -0.2) is 11.2 Å². The van der Waals surface area contributed by atoms with Gasteiger partial charge in [-0.15, -0.1) is 0 Å². The molecule has 0 aliphatic heterocycles. The molecule has 0 bridgehead atoms. The first-order valence-electron chi connectivity index (χ1n) is 12.7. The summed E-state index contributed by atoms with van der Waals surface area (Å²) >= 11 is 0. The molecule has 29 heavy (non-hydrogen) atoms. The molecule has 0 heterocycles. The molecule has 1 N–H and O–H groups in total.